The Morgan fingerprint density at radius 2 is 1.86 bits per heavy atom. The average molecular weight is 325 g/mol. The van der Waals surface area contributed by atoms with Crippen LogP contribution in [-0.2, 0) is 10.6 Å². The van der Waals surface area contributed by atoms with Gasteiger partial charge >= 0.3 is 11.9 Å². The second-order valence-electron chi connectivity index (χ2n) is 7.34. The molecule has 1 fully saturated rings. The summed E-state index contributed by atoms with van der Waals surface area (Å²) in [5.41, 5.74) is -0.119. The molecule has 0 bridgehead atoms. The van der Waals surface area contributed by atoms with E-state index in [0.29, 0.717) is 5.56 Å². The number of carbonyl (C=O) groups excluding carboxylic acids is 1. The van der Waals surface area contributed by atoms with Crippen LogP contribution in [0.1, 0.15) is 62.9 Å². The van der Waals surface area contributed by atoms with Gasteiger partial charge in [0.25, 0.3) is 0 Å². The molecule has 1 aromatic rings. The number of pyridine rings is 1. The molecule has 0 spiro atoms. The summed E-state index contributed by atoms with van der Waals surface area (Å²) in [5, 5.41) is 11.4. The van der Waals surface area contributed by atoms with Crippen LogP contribution in [0.3, 0.4) is 0 Å². The zero-order valence-electron chi connectivity index (χ0n) is 13.3. The van der Waals surface area contributed by atoms with Gasteiger partial charge in [0.2, 0.25) is 0 Å². The van der Waals surface area contributed by atoms with Crippen LogP contribution in [-0.4, -0.2) is 32.0 Å². The minimum absolute atomic E-state index is 0.0612. The van der Waals surface area contributed by atoms with E-state index in [1.807, 2.05) is 4.90 Å². The molecule has 2 aliphatic heterocycles. The molecule has 1 saturated heterocycles. The second kappa shape index (κ2) is 4.66. The first-order valence-corrected chi connectivity index (χ1v) is 7.88. The van der Waals surface area contributed by atoms with Crippen LogP contribution in [0, 0.1) is 0 Å². The van der Waals surface area contributed by atoms with Crippen LogP contribution < -0.4 is 0 Å². The van der Waals surface area contributed by atoms with Crippen LogP contribution >= 0.6 is 11.6 Å². The van der Waals surface area contributed by atoms with Crippen LogP contribution in [0.25, 0.3) is 0 Å². The molecule has 1 unspecified atom stereocenters. The lowest BCUT2D eigenvalue weighted by Gasteiger charge is -2.57. The van der Waals surface area contributed by atoms with E-state index in [2.05, 4.69) is 32.7 Å². The van der Waals surface area contributed by atoms with Crippen LogP contribution in [0.2, 0.25) is 5.15 Å². The van der Waals surface area contributed by atoms with Gasteiger partial charge in [-0.05, 0) is 53.0 Å². The van der Waals surface area contributed by atoms with Gasteiger partial charge in [0, 0.05) is 17.3 Å². The topological polar surface area (TPSA) is 62.7 Å². The van der Waals surface area contributed by atoms with E-state index < -0.39 is 11.9 Å². The number of likely N-dealkylation sites (tertiary alicyclic amines) is 1. The van der Waals surface area contributed by atoms with Crippen molar-refractivity contribution in [2.45, 2.75) is 63.9 Å². The fourth-order valence-electron chi connectivity index (χ4n) is 4.12. The van der Waals surface area contributed by atoms with Crippen molar-refractivity contribution in [3.8, 4) is 0 Å². The third-order valence-electron chi connectivity index (χ3n) is 4.79. The number of esters is 1. The number of hydrogen-bond acceptors (Lipinski definition) is 5. The number of piperidine rings is 1. The highest BCUT2D eigenvalue weighted by atomic mass is 35.5. The van der Waals surface area contributed by atoms with Crippen molar-refractivity contribution in [3.63, 3.8) is 0 Å². The van der Waals surface area contributed by atoms with E-state index in [9.17, 15) is 9.90 Å². The molecule has 1 aromatic heterocycles. The Hall–Kier alpha value is -1.17. The molecule has 22 heavy (non-hydrogen) atoms. The molecule has 1 N–H and O–H groups in total. The highest BCUT2D eigenvalue weighted by Crippen LogP contribution is 2.50. The van der Waals surface area contributed by atoms with Crippen LogP contribution in [0.5, 0.6) is 0 Å². The normalized spacial score (nSPS) is 30.0. The molecule has 6 heteroatoms. The summed E-state index contributed by atoms with van der Waals surface area (Å²) in [6.07, 6.45) is 4.36. The molecule has 3 rings (SSSR count). The van der Waals surface area contributed by atoms with Gasteiger partial charge in [0.15, 0.2) is 0 Å². The predicted molar refractivity (Wildman–Crippen MR) is 82.4 cm³/mol. The molecule has 120 valence electrons. The molecule has 1 atom stereocenters. The number of aromatic nitrogens is 1. The van der Waals surface area contributed by atoms with Gasteiger partial charge in [-0.2, -0.15) is 0 Å². The van der Waals surface area contributed by atoms with E-state index in [4.69, 9.17) is 16.3 Å². The summed E-state index contributed by atoms with van der Waals surface area (Å²) in [5.74, 6) is -2.44. The molecule has 0 aliphatic carbocycles. The van der Waals surface area contributed by atoms with Crippen molar-refractivity contribution in [2.75, 3.05) is 0 Å². The molecule has 5 nitrogen and oxygen atoms in total. The molecule has 0 aromatic carbocycles. The number of nitrogens with zero attached hydrogens (tertiary/aromatic N) is 2. The maximum absolute atomic E-state index is 12.2. The van der Waals surface area contributed by atoms with Crippen molar-refractivity contribution >= 4 is 17.6 Å². The second-order valence-corrected chi connectivity index (χ2v) is 7.69. The first kappa shape index (κ1) is 15.7. The van der Waals surface area contributed by atoms with Gasteiger partial charge in [-0.1, -0.05) is 11.6 Å². The number of hydrogen-bond donors (Lipinski definition) is 1. The lowest BCUT2D eigenvalue weighted by atomic mass is 9.78. The highest BCUT2D eigenvalue weighted by molar-refractivity contribution is 6.32. The highest BCUT2D eigenvalue weighted by Gasteiger charge is 2.59. The number of halogens is 1. The number of ether oxygens (including phenoxy) is 1. The molecule has 0 radical (unpaired) electrons. The Kier molecular flexibility index (Phi) is 3.33. The summed E-state index contributed by atoms with van der Waals surface area (Å²) < 4.78 is 5.43. The quantitative estimate of drug-likeness (QED) is 0.635. The lowest BCUT2D eigenvalue weighted by molar-refractivity contribution is -0.323. The van der Waals surface area contributed by atoms with Gasteiger partial charge in [0.1, 0.15) is 10.7 Å². The maximum atomic E-state index is 12.2. The van der Waals surface area contributed by atoms with Gasteiger partial charge < -0.3 is 9.84 Å². The lowest BCUT2D eigenvalue weighted by Crippen LogP contribution is -2.67. The number of carbonyl (C=O) groups is 1. The van der Waals surface area contributed by atoms with Gasteiger partial charge in [-0.3, -0.25) is 0 Å². The fraction of sp³-hybridized carbons (Fsp3) is 0.625. The maximum Gasteiger partial charge on any atom is 0.345 e. The SMILES string of the molecule is CC1(C)CCCC(C)(C)N1C1(O)OC(=O)c2c1ccnc2Cl. The predicted octanol–water partition coefficient (Wildman–Crippen LogP) is 3.05. The molecular formula is C16H21ClN2O3. The van der Waals surface area contributed by atoms with Crippen molar-refractivity contribution in [1.29, 1.82) is 0 Å². The van der Waals surface area contributed by atoms with E-state index in [0.717, 1.165) is 19.3 Å². The summed E-state index contributed by atoms with van der Waals surface area (Å²) in [4.78, 5) is 18.1. The largest absolute Gasteiger partial charge is 0.411 e. The number of aliphatic hydroxyl groups is 1. The minimum atomic E-state index is -1.81. The van der Waals surface area contributed by atoms with E-state index in [1.54, 1.807) is 6.07 Å². The standard InChI is InChI=1S/C16H21ClN2O3/c1-14(2)7-5-8-15(3,4)19(14)16(21)10-6-9-18-12(17)11(10)13(20)22-16/h6,9,21H,5,7-8H2,1-4H3. The van der Waals surface area contributed by atoms with E-state index >= 15 is 0 Å². The zero-order valence-corrected chi connectivity index (χ0v) is 14.1. The van der Waals surface area contributed by atoms with Crippen molar-refractivity contribution in [2.24, 2.45) is 0 Å². The summed E-state index contributed by atoms with van der Waals surface area (Å²) in [6.45, 7) is 8.22. The Labute approximate surface area is 135 Å². The third kappa shape index (κ3) is 2.07. The summed E-state index contributed by atoms with van der Waals surface area (Å²) in [6, 6.07) is 1.60. The number of fused-ring (bicyclic) bond motifs is 1. The first-order chi connectivity index (χ1) is 10.1. The van der Waals surface area contributed by atoms with Crippen molar-refractivity contribution in [1.82, 2.24) is 9.88 Å². The average Bonchev–Trinajstić information content (AvgIpc) is 2.60. The molecule has 0 saturated carbocycles. The Morgan fingerprint density at radius 1 is 1.27 bits per heavy atom. The fourth-order valence-corrected chi connectivity index (χ4v) is 4.36. The van der Waals surface area contributed by atoms with Gasteiger partial charge in [-0.15, -0.1) is 0 Å². The monoisotopic (exact) mass is 324 g/mol. The number of rotatable bonds is 1. The third-order valence-corrected chi connectivity index (χ3v) is 5.07. The van der Waals surface area contributed by atoms with E-state index in [1.165, 1.54) is 6.20 Å². The van der Waals surface area contributed by atoms with Crippen LogP contribution in [0.4, 0.5) is 0 Å². The number of cyclic esters (lactones) is 1. The van der Waals surface area contributed by atoms with Crippen molar-refractivity contribution in [3.05, 3.63) is 28.5 Å². The van der Waals surface area contributed by atoms with E-state index in [-0.39, 0.29) is 21.8 Å². The molecule has 2 aliphatic rings. The summed E-state index contributed by atoms with van der Waals surface area (Å²) >= 11 is 6.03. The molecule has 0 amide bonds. The van der Waals surface area contributed by atoms with Crippen LogP contribution in [0.15, 0.2) is 12.3 Å². The Bertz CT molecular complexity index is 628. The zero-order chi connectivity index (χ0) is 16.3. The van der Waals surface area contributed by atoms with Gasteiger partial charge in [0.05, 0.1) is 5.56 Å². The molecule has 3 heterocycles. The molecular weight excluding hydrogens is 304 g/mol. The first-order valence-electron chi connectivity index (χ1n) is 7.51. The Morgan fingerprint density at radius 3 is 2.45 bits per heavy atom. The van der Waals surface area contributed by atoms with Gasteiger partial charge in [-0.25, -0.2) is 14.7 Å². The van der Waals surface area contributed by atoms with Crippen molar-refractivity contribution < 1.29 is 14.6 Å². The Balaban J connectivity index is 2.19. The summed E-state index contributed by atoms with van der Waals surface area (Å²) in [7, 11) is 0. The smallest absolute Gasteiger partial charge is 0.345 e. The minimum Gasteiger partial charge on any atom is -0.411 e.